The summed E-state index contributed by atoms with van der Waals surface area (Å²) in [5, 5.41) is 0. The first-order valence-corrected chi connectivity index (χ1v) is 7.05. The number of benzene rings is 2. The summed E-state index contributed by atoms with van der Waals surface area (Å²) in [6, 6.07) is 11.2. The van der Waals surface area contributed by atoms with Gasteiger partial charge in [-0.1, -0.05) is 29.8 Å². The minimum atomic E-state index is -0.0414. The fraction of sp³-hybridized carbons (Fsp3) is 0.278. The minimum Gasteiger partial charge on any atom is -0.337 e. The zero-order valence-electron chi connectivity index (χ0n) is 12.9. The van der Waals surface area contributed by atoms with Gasteiger partial charge < -0.3 is 4.89 Å². The summed E-state index contributed by atoms with van der Waals surface area (Å²) in [6.07, 6.45) is 0. The molecule has 0 saturated heterocycles. The lowest BCUT2D eigenvalue weighted by molar-refractivity contribution is -0.202. The smallest absolute Gasteiger partial charge is 0.197 e. The lowest BCUT2D eigenvalue weighted by Gasteiger charge is -2.13. The molecule has 21 heavy (non-hydrogen) atoms. The highest BCUT2D eigenvalue weighted by molar-refractivity contribution is 6.12. The fourth-order valence-electron chi connectivity index (χ4n) is 2.52. The Labute approximate surface area is 125 Å². The fourth-order valence-corrected chi connectivity index (χ4v) is 2.52. The first kappa shape index (κ1) is 15.3. The first-order valence-electron chi connectivity index (χ1n) is 7.05. The molecule has 3 heteroatoms. The Morgan fingerprint density at radius 1 is 1.05 bits per heavy atom. The molecule has 0 saturated carbocycles. The van der Waals surface area contributed by atoms with Gasteiger partial charge in [-0.25, -0.2) is 0 Å². The van der Waals surface area contributed by atoms with Crippen LogP contribution in [0.25, 0.3) is 0 Å². The molecule has 0 radical (unpaired) electrons. The normalized spacial score (nSPS) is 10.5. The molecule has 2 rings (SSSR count). The molecule has 0 fully saturated rings. The van der Waals surface area contributed by atoms with Crippen LogP contribution in [-0.4, -0.2) is 12.4 Å². The predicted octanol–water partition coefficient (Wildman–Crippen LogP) is 4.17. The van der Waals surface area contributed by atoms with Gasteiger partial charge in [0.05, 0.1) is 12.2 Å². The Kier molecular flexibility index (Phi) is 4.76. The van der Waals surface area contributed by atoms with E-state index in [1.54, 1.807) is 12.1 Å². The molecule has 0 unspecified atom stereocenters. The third-order valence-corrected chi connectivity index (χ3v) is 3.30. The standard InChI is InChI=1S/C18H20O3/c1-5-20-21-16-9-7-6-8-15(16)18(19)17-13(3)10-12(2)11-14(17)4/h6-11H,5H2,1-4H3. The number of hydrogen-bond acceptors (Lipinski definition) is 3. The van der Waals surface area contributed by atoms with Crippen molar-refractivity contribution in [3.63, 3.8) is 0 Å². The van der Waals surface area contributed by atoms with Crippen molar-refractivity contribution >= 4 is 5.78 Å². The molecular weight excluding hydrogens is 264 g/mol. The summed E-state index contributed by atoms with van der Waals surface area (Å²) in [7, 11) is 0. The highest BCUT2D eigenvalue weighted by Crippen LogP contribution is 2.25. The molecule has 0 atom stereocenters. The molecule has 0 heterocycles. The molecule has 0 aliphatic rings. The Hall–Kier alpha value is -2.13. The second-order valence-electron chi connectivity index (χ2n) is 5.09. The number of rotatable bonds is 5. The number of ketones is 1. The van der Waals surface area contributed by atoms with Crippen LogP contribution in [0.2, 0.25) is 0 Å². The second kappa shape index (κ2) is 6.55. The van der Waals surface area contributed by atoms with E-state index in [2.05, 4.69) is 0 Å². The van der Waals surface area contributed by atoms with Crippen molar-refractivity contribution in [2.75, 3.05) is 6.61 Å². The van der Waals surface area contributed by atoms with Crippen LogP contribution >= 0.6 is 0 Å². The van der Waals surface area contributed by atoms with Crippen LogP contribution in [0.1, 0.15) is 39.5 Å². The molecule has 2 aromatic rings. The second-order valence-corrected chi connectivity index (χ2v) is 5.09. The SMILES string of the molecule is CCOOc1ccccc1C(=O)c1c(C)cc(C)cc1C. The number of aryl methyl sites for hydroxylation is 3. The maximum absolute atomic E-state index is 12.8. The lowest BCUT2D eigenvalue weighted by Crippen LogP contribution is -2.09. The van der Waals surface area contributed by atoms with E-state index in [-0.39, 0.29) is 5.78 Å². The molecular formula is C18H20O3. The van der Waals surface area contributed by atoms with Gasteiger partial charge in [-0.3, -0.25) is 4.79 Å². The van der Waals surface area contributed by atoms with Crippen LogP contribution in [0.15, 0.2) is 36.4 Å². The van der Waals surface area contributed by atoms with E-state index in [9.17, 15) is 4.79 Å². The van der Waals surface area contributed by atoms with Gasteiger partial charge in [0.15, 0.2) is 11.5 Å². The molecule has 0 aliphatic heterocycles. The quantitative estimate of drug-likeness (QED) is 0.469. The van der Waals surface area contributed by atoms with Crippen molar-refractivity contribution in [1.82, 2.24) is 0 Å². The van der Waals surface area contributed by atoms with E-state index < -0.39 is 0 Å². The third-order valence-electron chi connectivity index (χ3n) is 3.30. The molecule has 0 amide bonds. The summed E-state index contributed by atoms with van der Waals surface area (Å²) < 4.78 is 0. The van der Waals surface area contributed by atoms with E-state index in [1.165, 1.54) is 0 Å². The maximum atomic E-state index is 12.8. The Balaban J connectivity index is 2.46. The zero-order valence-corrected chi connectivity index (χ0v) is 12.9. The molecule has 3 nitrogen and oxygen atoms in total. The summed E-state index contributed by atoms with van der Waals surface area (Å²) in [4.78, 5) is 23.0. The van der Waals surface area contributed by atoms with Gasteiger partial charge in [-0.2, -0.15) is 4.89 Å². The summed E-state index contributed by atoms with van der Waals surface area (Å²) in [6.45, 7) is 8.20. The monoisotopic (exact) mass is 284 g/mol. The minimum absolute atomic E-state index is 0.0414. The topological polar surface area (TPSA) is 35.5 Å². The molecule has 0 aromatic heterocycles. The molecule has 110 valence electrons. The van der Waals surface area contributed by atoms with Gasteiger partial charge in [-0.15, -0.1) is 0 Å². The van der Waals surface area contributed by atoms with Crippen molar-refractivity contribution in [3.8, 4) is 5.75 Å². The number of hydrogen-bond donors (Lipinski definition) is 0. The number of para-hydroxylation sites is 1. The van der Waals surface area contributed by atoms with Crippen molar-refractivity contribution in [2.24, 2.45) is 0 Å². The van der Waals surface area contributed by atoms with Crippen molar-refractivity contribution in [2.45, 2.75) is 27.7 Å². The van der Waals surface area contributed by atoms with E-state index in [0.29, 0.717) is 17.9 Å². The summed E-state index contributed by atoms with van der Waals surface area (Å²) in [5.74, 6) is 0.407. The Morgan fingerprint density at radius 2 is 1.67 bits per heavy atom. The van der Waals surface area contributed by atoms with Gasteiger partial charge in [-0.05, 0) is 51.0 Å². The highest BCUT2D eigenvalue weighted by Gasteiger charge is 2.19. The van der Waals surface area contributed by atoms with Crippen LogP contribution in [0.4, 0.5) is 0 Å². The molecule has 0 bridgehead atoms. The van der Waals surface area contributed by atoms with Gasteiger partial charge in [0, 0.05) is 5.56 Å². The molecule has 0 spiro atoms. The average Bonchev–Trinajstić information content (AvgIpc) is 2.44. The lowest BCUT2D eigenvalue weighted by atomic mass is 9.93. The third kappa shape index (κ3) is 3.31. The number of carbonyl (C=O) groups is 1. The zero-order chi connectivity index (χ0) is 15.4. The highest BCUT2D eigenvalue weighted by atomic mass is 17.2. The van der Waals surface area contributed by atoms with Crippen LogP contribution < -0.4 is 4.89 Å². The van der Waals surface area contributed by atoms with Crippen molar-refractivity contribution in [1.29, 1.82) is 0 Å². The molecule has 0 aliphatic carbocycles. The van der Waals surface area contributed by atoms with E-state index in [1.807, 2.05) is 52.0 Å². The molecule has 2 aromatic carbocycles. The van der Waals surface area contributed by atoms with E-state index in [4.69, 9.17) is 9.78 Å². The largest absolute Gasteiger partial charge is 0.337 e. The van der Waals surface area contributed by atoms with Crippen LogP contribution in [0, 0.1) is 20.8 Å². The van der Waals surface area contributed by atoms with Gasteiger partial charge in [0.1, 0.15) is 0 Å². The Morgan fingerprint density at radius 3 is 2.29 bits per heavy atom. The van der Waals surface area contributed by atoms with E-state index >= 15 is 0 Å². The van der Waals surface area contributed by atoms with Crippen LogP contribution in [0.5, 0.6) is 5.75 Å². The summed E-state index contributed by atoms with van der Waals surface area (Å²) >= 11 is 0. The predicted molar refractivity (Wildman–Crippen MR) is 82.8 cm³/mol. The molecule has 0 N–H and O–H groups in total. The average molecular weight is 284 g/mol. The summed E-state index contributed by atoms with van der Waals surface area (Å²) in [5.41, 5.74) is 4.35. The van der Waals surface area contributed by atoms with Crippen molar-refractivity contribution in [3.05, 3.63) is 64.2 Å². The maximum Gasteiger partial charge on any atom is 0.197 e. The van der Waals surface area contributed by atoms with Crippen LogP contribution in [0.3, 0.4) is 0 Å². The van der Waals surface area contributed by atoms with Gasteiger partial charge in [0.2, 0.25) is 0 Å². The number of carbonyl (C=O) groups excluding carboxylic acids is 1. The Bertz CT molecular complexity index is 636. The van der Waals surface area contributed by atoms with Crippen molar-refractivity contribution < 1.29 is 14.6 Å². The van der Waals surface area contributed by atoms with Gasteiger partial charge >= 0.3 is 0 Å². The van der Waals surface area contributed by atoms with Gasteiger partial charge in [0.25, 0.3) is 0 Å². The van der Waals surface area contributed by atoms with E-state index in [0.717, 1.165) is 22.3 Å². The first-order chi connectivity index (χ1) is 10.0. The van der Waals surface area contributed by atoms with Crippen LogP contribution in [-0.2, 0) is 4.89 Å².